The van der Waals surface area contributed by atoms with Gasteiger partial charge in [-0.25, -0.2) is 18.3 Å². The fourth-order valence-corrected chi connectivity index (χ4v) is 4.71. The second-order valence-corrected chi connectivity index (χ2v) is 10.1. The summed E-state index contributed by atoms with van der Waals surface area (Å²) in [5.74, 6) is 0.925. The van der Waals surface area contributed by atoms with Crippen LogP contribution in [0, 0.1) is 0 Å². The largest absolute Gasteiger partial charge is 0.493 e. The first-order chi connectivity index (χ1) is 17.0. The van der Waals surface area contributed by atoms with Crippen molar-refractivity contribution in [2.24, 2.45) is 0 Å². The summed E-state index contributed by atoms with van der Waals surface area (Å²) in [5.41, 5.74) is 1.85. The number of hydrogen-bond donors (Lipinski definition) is 2. The third kappa shape index (κ3) is 4.94. The molecule has 1 aromatic heterocycles. The van der Waals surface area contributed by atoms with Gasteiger partial charge in [0.25, 0.3) is 5.56 Å². The van der Waals surface area contributed by atoms with Crippen LogP contribution in [-0.4, -0.2) is 55.5 Å². The highest BCUT2D eigenvalue weighted by Gasteiger charge is 2.33. The predicted molar refractivity (Wildman–Crippen MR) is 134 cm³/mol. The molecule has 2 aromatic carbocycles. The highest BCUT2D eigenvalue weighted by molar-refractivity contribution is 7.70. The summed E-state index contributed by atoms with van der Waals surface area (Å²) in [5, 5.41) is 9.26. The van der Waals surface area contributed by atoms with Crippen LogP contribution in [0.1, 0.15) is 37.6 Å². The summed E-state index contributed by atoms with van der Waals surface area (Å²) in [7, 11) is -0.231. The topological polar surface area (TPSA) is 131 Å². The summed E-state index contributed by atoms with van der Waals surface area (Å²) >= 11 is 0. The number of hydrazine groups is 1. The van der Waals surface area contributed by atoms with Gasteiger partial charge in [0, 0.05) is 18.4 Å². The Kier molecular flexibility index (Phi) is 6.81. The molecular formula is C24H28N4O7S. The Bertz CT molecular complexity index is 1450. The van der Waals surface area contributed by atoms with E-state index in [1.165, 1.54) is 19.2 Å². The van der Waals surface area contributed by atoms with Gasteiger partial charge in [0.2, 0.25) is 10.9 Å². The molecule has 11 nitrogen and oxygen atoms in total. The highest BCUT2D eigenvalue weighted by atomic mass is 32.2. The van der Waals surface area contributed by atoms with E-state index in [9.17, 15) is 18.0 Å². The molecule has 0 fully saturated rings. The summed E-state index contributed by atoms with van der Waals surface area (Å²) in [6.07, 6.45) is -0.0122. The molecule has 0 saturated carbocycles. The molecule has 0 saturated heterocycles. The highest BCUT2D eigenvalue weighted by Crippen LogP contribution is 2.34. The lowest BCUT2D eigenvalue weighted by molar-refractivity contribution is 0.0384. The lowest BCUT2D eigenvalue weighted by atomic mass is 10.0. The lowest BCUT2D eigenvalue weighted by Gasteiger charge is -2.30. The summed E-state index contributed by atoms with van der Waals surface area (Å²) in [6.45, 7) is 5.32. The molecule has 0 bridgehead atoms. The van der Waals surface area contributed by atoms with Crippen LogP contribution in [0.3, 0.4) is 0 Å². The van der Waals surface area contributed by atoms with E-state index < -0.39 is 22.6 Å². The number of aromatic amines is 1. The van der Waals surface area contributed by atoms with Crippen LogP contribution < -0.4 is 20.0 Å². The number of aromatic nitrogens is 2. The Hall–Kier alpha value is -3.80. The van der Waals surface area contributed by atoms with Gasteiger partial charge in [0.05, 0.1) is 31.0 Å². The van der Waals surface area contributed by atoms with Gasteiger partial charge in [0.15, 0.2) is 11.5 Å². The van der Waals surface area contributed by atoms with Crippen molar-refractivity contribution in [1.82, 2.24) is 14.6 Å². The zero-order valence-electron chi connectivity index (χ0n) is 20.7. The van der Waals surface area contributed by atoms with Crippen LogP contribution in [0.2, 0.25) is 0 Å². The fourth-order valence-electron chi connectivity index (χ4n) is 4.17. The molecular weight excluding hydrogens is 488 g/mol. The van der Waals surface area contributed by atoms with Crippen molar-refractivity contribution in [3.63, 3.8) is 0 Å². The number of hydrogen-bond acceptors (Lipinski definition) is 9. The smallest absolute Gasteiger partial charge is 0.443 e. The maximum atomic E-state index is 12.6. The molecule has 1 amide bonds. The summed E-state index contributed by atoms with van der Waals surface area (Å²) in [6, 6.07) is 8.89. The fraction of sp³-hybridized carbons (Fsp3) is 0.375. The van der Waals surface area contributed by atoms with E-state index >= 15 is 0 Å². The number of rotatable bonds is 6. The van der Waals surface area contributed by atoms with E-state index in [-0.39, 0.29) is 5.56 Å². The Labute approximate surface area is 209 Å². The average molecular weight is 517 g/mol. The summed E-state index contributed by atoms with van der Waals surface area (Å²) < 4.78 is 40.5. The quantitative estimate of drug-likeness (QED) is 0.475. The molecule has 12 heteroatoms. The number of nitrogens with zero attached hydrogens (tertiary/aromatic N) is 3. The zero-order chi connectivity index (χ0) is 26.2. The van der Waals surface area contributed by atoms with Crippen molar-refractivity contribution in [2.45, 2.75) is 39.2 Å². The number of anilines is 1. The number of amides is 1. The number of ether oxygens (including phenoxy) is 3. The Morgan fingerprint density at radius 3 is 2.39 bits per heavy atom. The van der Waals surface area contributed by atoms with Crippen LogP contribution in [0.15, 0.2) is 35.1 Å². The lowest BCUT2D eigenvalue weighted by Crippen LogP contribution is -2.47. The van der Waals surface area contributed by atoms with E-state index in [2.05, 4.69) is 10.2 Å². The number of H-pyrrole nitrogens is 1. The number of carbonyl (C=O) groups is 1. The molecule has 1 aliphatic rings. The Balaban J connectivity index is 1.66. The van der Waals surface area contributed by atoms with Gasteiger partial charge in [0.1, 0.15) is 5.60 Å². The van der Waals surface area contributed by atoms with E-state index in [1.54, 1.807) is 39.0 Å². The first-order valence-electron chi connectivity index (χ1n) is 11.2. The second-order valence-electron chi connectivity index (χ2n) is 9.27. The van der Waals surface area contributed by atoms with Crippen LogP contribution >= 0.6 is 0 Å². The van der Waals surface area contributed by atoms with Gasteiger partial charge in [-0.05, 0) is 56.5 Å². The Morgan fingerprint density at radius 1 is 1.11 bits per heavy atom. The third-order valence-electron chi connectivity index (χ3n) is 5.70. The van der Waals surface area contributed by atoms with E-state index in [0.717, 1.165) is 11.1 Å². The molecule has 4 rings (SSSR count). The average Bonchev–Trinajstić information content (AvgIpc) is 3.21. The molecule has 0 radical (unpaired) electrons. The van der Waals surface area contributed by atoms with Gasteiger partial charge in [-0.1, -0.05) is 12.1 Å². The number of fused-ring (bicyclic) bond motifs is 2. The molecule has 36 heavy (non-hydrogen) atoms. The van der Waals surface area contributed by atoms with Crippen LogP contribution in [0.25, 0.3) is 10.8 Å². The SMILES string of the molecule is COc1cc2c(Cc3ccc4c(c3)CCN4N(C(=O)OC(C)(C)C)[SH](=O)=O)n[nH]c(=O)c2cc1OC. The first kappa shape index (κ1) is 25.3. The number of benzene rings is 2. The normalized spacial score (nSPS) is 13.1. The number of nitrogens with one attached hydrogen (secondary N) is 1. The van der Waals surface area contributed by atoms with Crippen molar-refractivity contribution >= 4 is 33.4 Å². The predicted octanol–water partition coefficient (Wildman–Crippen LogP) is 2.57. The maximum Gasteiger partial charge on any atom is 0.443 e. The molecule has 0 unspecified atom stereocenters. The van der Waals surface area contributed by atoms with Crippen molar-refractivity contribution < 1.29 is 27.4 Å². The number of thiol groups is 1. The van der Waals surface area contributed by atoms with Crippen LogP contribution in [-0.2, 0) is 28.5 Å². The van der Waals surface area contributed by atoms with Gasteiger partial charge in [-0.3, -0.25) is 9.80 Å². The van der Waals surface area contributed by atoms with Crippen molar-refractivity contribution in [2.75, 3.05) is 25.8 Å². The molecule has 0 aliphatic carbocycles. The van der Waals surface area contributed by atoms with Crippen molar-refractivity contribution in [3.8, 4) is 11.5 Å². The van der Waals surface area contributed by atoms with E-state index in [1.807, 2.05) is 12.1 Å². The monoisotopic (exact) mass is 516 g/mol. The zero-order valence-corrected chi connectivity index (χ0v) is 21.5. The first-order valence-corrected chi connectivity index (χ1v) is 12.4. The molecule has 192 valence electrons. The molecule has 2 heterocycles. The van der Waals surface area contributed by atoms with Crippen molar-refractivity contribution in [3.05, 3.63) is 57.5 Å². The van der Waals surface area contributed by atoms with E-state index in [4.69, 9.17) is 14.2 Å². The van der Waals surface area contributed by atoms with Gasteiger partial charge in [-0.2, -0.15) is 5.10 Å². The minimum atomic E-state index is -3.25. The number of carbonyl (C=O) groups excluding carboxylic acids is 1. The minimum Gasteiger partial charge on any atom is -0.493 e. The number of methoxy groups -OCH3 is 2. The van der Waals surface area contributed by atoms with Gasteiger partial charge in [-0.15, -0.1) is 4.41 Å². The molecule has 3 aromatic rings. The molecule has 0 spiro atoms. The Morgan fingerprint density at radius 2 is 1.78 bits per heavy atom. The van der Waals surface area contributed by atoms with E-state index in [0.29, 0.717) is 57.5 Å². The summed E-state index contributed by atoms with van der Waals surface area (Å²) in [4.78, 5) is 25.0. The molecule has 0 atom stereocenters. The van der Waals surface area contributed by atoms with Crippen molar-refractivity contribution in [1.29, 1.82) is 0 Å². The maximum absolute atomic E-state index is 12.6. The van der Waals surface area contributed by atoms with Gasteiger partial charge >= 0.3 is 6.09 Å². The minimum absolute atomic E-state index is 0.304. The third-order valence-corrected chi connectivity index (χ3v) is 6.39. The second kappa shape index (κ2) is 9.69. The molecule has 1 N–H and O–H groups in total. The van der Waals surface area contributed by atoms with Crippen LogP contribution in [0.4, 0.5) is 10.5 Å². The van der Waals surface area contributed by atoms with Crippen LogP contribution in [0.5, 0.6) is 11.5 Å². The molecule has 1 aliphatic heterocycles. The van der Waals surface area contributed by atoms with Gasteiger partial charge < -0.3 is 14.2 Å². The standard InChI is InChI=1S/C24H28N4O7S/c1-24(2,3)35-23(30)28(36(31)32)27-9-8-15-10-14(6-7-19(15)27)11-18-16-12-20(33-4)21(34-5)13-17(16)22(29)26-25-18/h6-7,10,12-13,36H,8-9,11H2,1-5H3,(H,26,29).